The van der Waals surface area contributed by atoms with Crippen molar-refractivity contribution in [3.8, 4) is 0 Å². The molecule has 1 aromatic rings. The van der Waals surface area contributed by atoms with Crippen LogP contribution in [0.4, 0.5) is 0 Å². The molecule has 2 atom stereocenters. The van der Waals surface area contributed by atoms with E-state index in [0.717, 1.165) is 18.7 Å². The first kappa shape index (κ1) is 13.5. The number of nitrogens with zero attached hydrogens (tertiary/aromatic N) is 1. The van der Waals surface area contributed by atoms with Gasteiger partial charge in [-0.25, -0.2) is 0 Å². The lowest BCUT2D eigenvalue weighted by Gasteiger charge is -2.29. The number of benzene rings is 1. The second-order valence-electron chi connectivity index (χ2n) is 5.29. The fourth-order valence-electron chi connectivity index (χ4n) is 2.61. The van der Waals surface area contributed by atoms with E-state index in [1.54, 1.807) is 0 Å². The van der Waals surface area contributed by atoms with Crippen molar-refractivity contribution in [2.45, 2.75) is 31.4 Å². The Hall–Kier alpha value is -0.900. The molecule has 2 rings (SSSR count). The van der Waals surface area contributed by atoms with Gasteiger partial charge >= 0.3 is 0 Å². The normalized spacial score (nSPS) is 22.1. The molecule has 0 saturated carbocycles. The molecule has 0 amide bonds. The Morgan fingerprint density at radius 1 is 1.33 bits per heavy atom. The van der Waals surface area contributed by atoms with Crippen molar-refractivity contribution in [2.24, 2.45) is 0 Å². The predicted molar refractivity (Wildman–Crippen MR) is 74.5 cm³/mol. The molecule has 0 spiro atoms. The van der Waals surface area contributed by atoms with E-state index in [2.05, 4.69) is 17.3 Å². The standard InChI is InChI=1S/C15H24N2O/c1-17(11-14-9-5-6-10-16-14)12-15(18)13-7-3-2-4-8-13/h2-4,7-8,14-16,18H,5-6,9-12H2,1H3. The summed E-state index contributed by atoms with van der Waals surface area (Å²) in [6.07, 6.45) is 3.49. The molecule has 3 heteroatoms. The fourth-order valence-corrected chi connectivity index (χ4v) is 2.61. The minimum absolute atomic E-state index is 0.389. The molecule has 2 N–H and O–H groups in total. The van der Waals surface area contributed by atoms with Gasteiger partial charge in [0.25, 0.3) is 0 Å². The second kappa shape index (κ2) is 6.88. The minimum Gasteiger partial charge on any atom is -0.387 e. The van der Waals surface area contributed by atoms with Gasteiger partial charge < -0.3 is 15.3 Å². The van der Waals surface area contributed by atoms with Crippen molar-refractivity contribution in [2.75, 3.05) is 26.7 Å². The lowest BCUT2D eigenvalue weighted by Crippen LogP contribution is -2.43. The van der Waals surface area contributed by atoms with E-state index in [9.17, 15) is 5.11 Å². The van der Waals surface area contributed by atoms with E-state index in [4.69, 9.17) is 0 Å². The molecular formula is C15H24N2O. The van der Waals surface area contributed by atoms with Crippen LogP contribution < -0.4 is 5.32 Å². The van der Waals surface area contributed by atoms with Crippen LogP contribution in [-0.4, -0.2) is 42.7 Å². The van der Waals surface area contributed by atoms with Gasteiger partial charge in [0.2, 0.25) is 0 Å². The molecule has 1 aromatic carbocycles. The van der Waals surface area contributed by atoms with Crippen LogP contribution in [-0.2, 0) is 0 Å². The van der Waals surface area contributed by atoms with Crippen LogP contribution >= 0.6 is 0 Å². The Bertz CT molecular complexity index is 336. The smallest absolute Gasteiger partial charge is 0.0916 e. The van der Waals surface area contributed by atoms with Gasteiger partial charge in [-0.15, -0.1) is 0 Å². The van der Waals surface area contributed by atoms with Crippen molar-refractivity contribution < 1.29 is 5.11 Å². The zero-order chi connectivity index (χ0) is 12.8. The van der Waals surface area contributed by atoms with Gasteiger partial charge in [-0.3, -0.25) is 0 Å². The number of aliphatic hydroxyl groups excluding tert-OH is 1. The maximum Gasteiger partial charge on any atom is 0.0916 e. The van der Waals surface area contributed by atoms with Gasteiger partial charge in [0.05, 0.1) is 6.10 Å². The van der Waals surface area contributed by atoms with Crippen LogP contribution in [0, 0.1) is 0 Å². The van der Waals surface area contributed by atoms with E-state index in [1.807, 2.05) is 30.3 Å². The molecule has 3 nitrogen and oxygen atoms in total. The van der Waals surface area contributed by atoms with Crippen molar-refractivity contribution in [3.63, 3.8) is 0 Å². The first-order valence-corrected chi connectivity index (χ1v) is 6.90. The van der Waals surface area contributed by atoms with Crippen molar-refractivity contribution in [1.82, 2.24) is 10.2 Å². The Morgan fingerprint density at radius 2 is 2.11 bits per heavy atom. The Kier molecular flexibility index (Phi) is 5.17. The lowest BCUT2D eigenvalue weighted by atomic mass is 10.0. The van der Waals surface area contributed by atoms with Crippen LogP contribution in [0.3, 0.4) is 0 Å². The van der Waals surface area contributed by atoms with E-state index in [-0.39, 0.29) is 6.10 Å². The monoisotopic (exact) mass is 248 g/mol. The Balaban J connectivity index is 1.78. The van der Waals surface area contributed by atoms with Crippen LogP contribution in [0.1, 0.15) is 30.9 Å². The first-order valence-electron chi connectivity index (χ1n) is 6.90. The number of hydrogen-bond acceptors (Lipinski definition) is 3. The number of rotatable bonds is 5. The van der Waals surface area contributed by atoms with Gasteiger partial charge in [-0.2, -0.15) is 0 Å². The molecule has 0 bridgehead atoms. The fraction of sp³-hybridized carbons (Fsp3) is 0.600. The van der Waals surface area contributed by atoms with Crippen molar-refractivity contribution >= 4 is 0 Å². The number of hydrogen-bond donors (Lipinski definition) is 2. The Morgan fingerprint density at radius 3 is 2.78 bits per heavy atom. The van der Waals surface area contributed by atoms with Crippen molar-refractivity contribution in [1.29, 1.82) is 0 Å². The largest absolute Gasteiger partial charge is 0.387 e. The summed E-state index contributed by atoms with van der Waals surface area (Å²) >= 11 is 0. The number of aliphatic hydroxyl groups is 1. The molecule has 0 radical (unpaired) electrons. The summed E-state index contributed by atoms with van der Waals surface area (Å²) in [5.74, 6) is 0. The van der Waals surface area contributed by atoms with E-state index in [1.165, 1.54) is 19.3 Å². The third-order valence-corrected chi connectivity index (χ3v) is 3.61. The average molecular weight is 248 g/mol. The van der Waals surface area contributed by atoms with Gasteiger partial charge in [0, 0.05) is 19.1 Å². The molecule has 100 valence electrons. The summed E-state index contributed by atoms with van der Waals surface area (Å²) in [6.45, 7) is 2.85. The summed E-state index contributed by atoms with van der Waals surface area (Å²) in [5.41, 5.74) is 1.00. The van der Waals surface area contributed by atoms with Crippen LogP contribution in [0.15, 0.2) is 30.3 Å². The number of piperidine rings is 1. The van der Waals surface area contributed by atoms with E-state index in [0.29, 0.717) is 12.6 Å². The maximum atomic E-state index is 10.2. The molecule has 18 heavy (non-hydrogen) atoms. The van der Waals surface area contributed by atoms with Crippen molar-refractivity contribution in [3.05, 3.63) is 35.9 Å². The quantitative estimate of drug-likeness (QED) is 0.834. The van der Waals surface area contributed by atoms with Gasteiger partial charge in [0.15, 0.2) is 0 Å². The maximum absolute atomic E-state index is 10.2. The highest BCUT2D eigenvalue weighted by atomic mass is 16.3. The van der Waals surface area contributed by atoms with Crippen LogP contribution in [0.25, 0.3) is 0 Å². The van der Waals surface area contributed by atoms with E-state index >= 15 is 0 Å². The van der Waals surface area contributed by atoms with E-state index < -0.39 is 0 Å². The zero-order valence-electron chi connectivity index (χ0n) is 11.2. The summed E-state index contributed by atoms with van der Waals surface area (Å²) < 4.78 is 0. The molecular weight excluding hydrogens is 224 g/mol. The molecule has 1 aliphatic rings. The predicted octanol–water partition coefficient (Wildman–Crippen LogP) is 1.79. The summed E-state index contributed by atoms with van der Waals surface area (Å²) in [6, 6.07) is 10.5. The molecule has 0 aliphatic carbocycles. The topological polar surface area (TPSA) is 35.5 Å². The summed E-state index contributed by atoms with van der Waals surface area (Å²) in [5, 5.41) is 13.7. The second-order valence-corrected chi connectivity index (χ2v) is 5.29. The third-order valence-electron chi connectivity index (χ3n) is 3.61. The average Bonchev–Trinajstić information content (AvgIpc) is 2.40. The molecule has 1 aliphatic heterocycles. The van der Waals surface area contributed by atoms with Gasteiger partial charge in [-0.05, 0) is 32.0 Å². The Labute approximate surface area is 110 Å². The molecule has 1 saturated heterocycles. The van der Waals surface area contributed by atoms with Gasteiger partial charge in [0.1, 0.15) is 0 Å². The molecule has 0 aromatic heterocycles. The highest BCUT2D eigenvalue weighted by molar-refractivity contribution is 5.17. The zero-order valence-corrected chi connectivity index (χ0v) is 11.2. The van der Waals surface area contributed by atoms with Crippen LogP contribution in [0.5, 0.6) is 0 Å². The molecule has 1 heterocycles. The minimum atomic E-state index is -0.389. The molecule has 2 unspecified atom stereocenters. The summed E-state index contributed by atoms with van der Waals surface area (Å²) in [7, 11) is 2.09. The lowest BCUT2D eigenvalue weighted by molar-refractivity contribution is 0.119. The highest BCUT2D eigenvalue weighted by Gasteiger charge is 2.16. The SMILES string of the molecule is CN(CC1CCCCN1)CC(O)c1ccccc1. The van der Waals surface area contributed by atoms with Gasteiger partial charge in [-0.1, -0.05) is 36.8 Å². The highest BCUT2D eigenvalue weighted by Crippen LogP contribution is 2.14. The first-order chi connectivity index (χ1) is 8.75. The molecule has 1 fully saturated rings. The number of nitrogens with one attached hydrogen (secondary N) is 1. The van der Waals surface area contributed by atoms with Crippen LogP contribution in [0.2, 0.25) is 0 Å². The number of likely N-dealkylation sites (N-methyl/N-ethyl adjacent to an activating group) is 1. The third kappa shape index (κ3) is 4.09. The summed E-state index contributed by atoms with van der Waals surface area (Å²) in [4.78, 5) is 2.22.